The minimum absolute atomic E-state index is 0.0743. The third-order valence-electron chi connectivity index (χ3n) is 3.77. The first kappa shape index (κ1) is 14.7. The van der Waals surface area contributed by atoms with Crippen LogP contribution in [0.1, 0.15) is 24.1 Å². The average Bonchev–Trinajstić information content (AvgIpc) is 2.53. The molecule has 0 bridgehead atoms. The maximum Gasteiger partial charge on any atom is 0.161 e. The van der Waals surface area contributed by atoms with Gasteiger partial charge >= 0.3 is 0 Å². The fraction of sp³-hybridized carbons (Fsp3) is 0.375. The van der Waals surface area contributed by atoms with Crippen LogP contribution in [0, 0.1) is 22.7 Å². The molecule has 1 aromatic rings. The second-order valence-electron chi connectivity index (χ2n) is 4.84. The molecule has 2 rings (SSSR count). The van der Waals surface area contributed by atoms with Gasteiger partial charge in [0, 0.05) is 12.7 Å². The number of methoxy groups -OCH3 is 2. The molecule has 108 valence electrons. The summed E-state index contributed by atoms with van der Waals surface area (Å²) < 4.78 is 10.7. The first-order chi connectivity index (χ1) is 10.1. The number of ether oxygens (including phenoxy) is 2. The Kier molecular flexibility index (Phi) is 4.35. The molecule has 0 saturated carbocycles. The summed E-state index contributed by atoms with van der Waals surface area (Å²) in [7, 11) is 3.23. The van der Waals surface area contributed by atoms with Gasteiger partial charge in [0.05, 0.1) is 20.3 Å². The topological polar surface area (TPSA) is 69.3 Å². The highest BCUT2D eigenvalue weighted by molar-refractivity contribution is 5.49. The van der Waals surface area contributed by atoms with E-state index in [0.717, 1.165) is 24.3 Å². The molecule has 1 aliphatic heterocycles. The van der Waals surface area contributed by atoms with Gasteiger partial charge in [-0.3, -0.25) is 0 Å². The van der Waals surface area contributed by atoms with Crippen LogP contribution in [-0.4, -0.2) is 25.7 Å². The van der Waals surface area contributed by atoms with Gasteiger partial charge in [-0.2, -0.15) is 10.5 Å². The SMILES string of the molecule is COc1cc2c(cc1OC)[C@@H](C)N(C=C(C#N)C#N)CC2. The second kappa shape index (κ2) is 6.19. The van der Waals surface area contributed by atoms with E-state index in [-0.39, 0.29) is 11.6 Å². The number of fused-ring (bicyclic) bond motifs is 1. The number of nitrogens with zero attached hydrogens (tertiary/aromatic N) is 3. The van der Waals surface area contributed by atoms with E-state index in [1.165, 1.54) is 5.56 Å². The van der Waals surface area contributed by atoms with E-state index >= 15 is 0 Å². The van der Waals surface area contributed by atoms with Crippen LogP contribution in [0.2, 0.25) is 0 Å². The minimum Gasteiger partial charge on any atom is -0.493 e. The van der Waals surface area contributed by atoms with Crippen LogP contribution >= 0.6 is 0 Å². The molecule has 0 fully saturated rings. The summed E-state index contributed by atoms with van der Waals surface area (Å²) >= 11 is 0. The molecule has 5 heteroatoms. The summed E-state index contributed by atoms with van der Waals surface area (Å²) in [5, 5.41) is 17.8. The van der Waals surface area contributed by atoms with Gasteiger partial charge in [0.25, 0.3) is 0 Å². The highest BCUT2D eigenvalue weighted by Gasteiger charge is 2.24. The maximum absolute atomic E-state index is 8.88. The van der Waals surface area contributed by atoms with Crippen LogP contribution in [0.4, 0.5) is 0 Å². The van der Waals surface area contributed by atoms with E-state index in [1.807, 2.05) is 36.1 Å². The number of allylic oxidation sites excluding steroid dienone is 1. The summed E-state index contributed by atoms with van der Waals surface area (Å²) in [5.74, 6) is 1.41. The molecule has 0 aliphatic carbocycles. The van der Waals surface area contributed by atoms with Crippen LogP contribution in [0.5, 0.6) is 11.5 Å². The lowest BCUT2D eigenvalue weighted by Crippen LogP contribution is -2.30. The summed E-state index contributed by atoms with van der Waals surface area (Å²) in [6, 6.07) is 7.84. The Balaban J connectivity index is 2.40. The number of benzene rings is 1. The van der Waals surface area contributed by atoms with Gasteiger partial charge in [-0.25, -0.2) is 0 Å². The number of hydrogen-bond donors (Lipinski definition) is 0. The molecule has 0 radical (unpaired) electrons. The fourth-order valence-electron chi connectivity index (χ4n) is 2.59. The molecule has 0 N–H and O–H groups in total. The summed E-state index contributed by atoms with van der Waals surface area (Å²) in [6.07, 6.45) is 2.46. The van der Waals surface area contributed by atoms with Crippen molar-refractivity contribution in [2.75, 3.05) is 20.8 Å². The Labute approximate surface area is 124 Å². The zero-order valence-corrected chi connectivity index (χ0v) is 12.4. The fourth-order valence-corrected chi connectivity index (χ4v) is 2.59. The molecule has 5 nitrogen and oxygen atoms in total. The van der Waals surface area contributed by atoms with Crippen LogP contribution in [0.25, 0.3) is 0 Å². The van der Waals surface area contributed by atoms with E-state index in [4.69, 9.17) is 20.0 Å². The van der Waals surface area contributed by atoms with E-state index < -0.39 is 0 Å². The Hall–Kier alpha value is -2.66. The lowest BCUT2D eigenvalue weighted by atomic mass is 9.93. The van der Waals surface area contributed by atoms with Gasteiger partial charge < -0.3 is 14.4 Å². The van der Waals surface area contributed by atoms with Gasteiger partial charge in [0.1, 0.15) is 17.7 Å². The number of nitriles is 2. The monoisotopic (exact) mass is 283 g/mol. The van der Waals surface area contributed by atoms with Gasteiger partial charge in [0.2, 0.25) is 0 Å². The van der Waals surface area contributed by atoms with Gasteiger partial charge in [-0.05, 0) is 36.6 Å². The molecule has 0 saturated heterocycles. The maximum atomic E-state index is 8.88. The molecule has 1 heterocycles. The van der Waals surface area contributed by atoms with Gasteiger partial charge in [0.15, 0.2) is 11.5 Å². The molecular formula is C16H17N3O2. The quantitative estimate of drug-likeness (QED) is 0.797. The first-order valence-electron chi connectivity index (χ1n) is 6.67. The van der Waals surface area contributed by atoms with Crippen LogP contribution < -0.4 is 9.47 Å². The standard InChI is InChI=1S/C16H17N3O2/c1-11-14-7-16(21-3)15(20-2)6-13(14)4-5-19(11)10-12(8-17)9-18/h6-7,10-11H,4-5H2,1-3H3/t11-/m1/s1. The molecule has 1 aliphatic rings. The van der Waals surface area contributed by atoms with Crippen molar-refractivity contribution in [1.82, 2.24) is 4.90 Å². The lowest BCUT2D eigenvalue weighted by Gasteiger charge is -2.35. The molecule has 21 heavy (non-hydrogen) atoms. The van der Waals surface area contributed by atoms with E-state index in [9.17, 15) is 0 Å². The average molecular weight is 283 g/mol. The molecule has 0 aromatic heterocycles. The van der Waals surface area contributed by atoms with E-state index in [1.54, 1.807) is 20.4 Å². The van der Waals surface area contributed by atoms with E-state index in [0.29, 0.717) is 5.75 Å². The van der Waals surface area contributed by atoms with Crippen molar-refractivity contribution in [3.63, 3.8) is 0 Å². The number of rotatable bonds is 3. The van der Waals surface area contributed by atoms with Gasteiger partial charge in [-0.1, -0.05) is 0 Å². The predicted molar refractivity (Wildman–Crippen MR) is 77.7 cm³/mol. The van der Waals surface area contributed by atoms with Crippen molar-refractivity contribution in [2.45, 2.75) is 19.4 Å². The van der Waals surface area contributed by atoms with Crippen LogP contribution in [-0.2, 0) is 6.42 Å². The van der Waals surface area contributed by atoms with Crippen molar-refractivity contribution in [2.24, 2.45) is 0 Å². The highest BCUT2D eigenvalue weighted by Crippen LogP contribution is 2.38. The Bertz CT molecular complexity index is 637. The molecule has 1 atom stereocenters. The lowest BCUT2D eigenvalue weighted by molar-refractivity contribution is 0.278. The van der Waals surface area contributed by atoms with Crippen LogP contribution in [0.3, 0.4) is 0 Å². The third kappa shape index (κ3) is 2.78. The molecule has 0 unspecified atom stereocenters. The molecule has 0 amide bonds. The van der Waals surface area contributed by atoms with Gasteiger partial charge in [-0.15, -0.1) is 0 Å². The zero-order chi connectivity index (χ0) is 15.4. The largest absolute Gasteiger partial charge is 0.493 e. The van der Waals surface area contributed by atoms with Crippen LogP contribution in [0.15, 0.2) is 23.9 Å². The number of hydrogen-bond acceptors (Lipinski definition) is 5. The Morgan fingerprint density at radius 1 is 1.24 bits per heavy atom. The van der Waals surface area contributed by atoms with Crippen molar-refractivity contribution >= 4 is 0 Å². The zero-order valence-electron chi connectivity index (χ0n) is 12.4. The van der Waals surface area contributed by atoms with Crippen molar-refractivity contribution in [3.8, 4) is 23.6 Å². The van der Waals surface area contributed by atoms with Crippen molar-refractivity contribution in [1.29, 1.82) is 10.5 Å². The second-order valence-corrected chi connectivity index (χ2v) is 4.84. The summed E-state index contributed by atoms with van der Waals surface area (Å²) in [5.41, 5.74) is 2.46. The summed E-state index contributed by atoms with van der Waals surface area (Å²) in [4.78, 5) is 2.01. The predicted octanol–water partition coefficient (Wildman–Crippen LogP) is 2.55. The van der Waals surface area contributed by atoms with Crippen molar-refractivity contribution in [3.05, 3.63) is 35.0 Å². The third-order valence-corrected chi connectivity index (χ3v) is 3.77. The van der Waals surface area contributed by atoms with E-state index in [2.05, 4.69) is 0 Å². The minimum atomic E-state index is 0.0743. The first-order valence-corrected chi connectivity index (χ1v) is 6.67. The van der Waals surface area contributed by atoms with Crippen molar-refractivity contribution < 1.29 is 9.47 Å². The Morgan fingerprint density at radius 2 is 1.86 bits per heavy atom. The summed E-state index contributed by atoms with van der Waals surface area (Å²) in [6.45, 7) is 2.81. The molecular weight excluding hydrogens is 266 g/mol. The molecule has 0 spiro atoms. The Morgan fingerprint density at radius 3 is 2.43 bits per heavy atom. The normalized spacial score (nSPS) is 16.2. The molecule has 1 aromatic carbocycles. The highest BCUT2D eigenvalue weighted by atomic mass is 16.5. The smallest absolute Gasteiger partial charge is 0.161 e.